The molecule has 0 amide bonds. The number of hydrogen-bond donors (Lipinski definition) is 0. The van der Waals surface area contributed by atoms with E-state index in [0.29, 0.717) is 6.04 Å². The molecule has 146 valence electrons. The van der Waals surface area contributed by atoms with E-state index in [1.807, 2.05) is 24.4 Å². The number of aryl methyl sites for hydroxylation is 1. The molecule has 1 aromatic heterocycles. The van der Waals surface area contributed by atoms with Crippen LogP contribution in [0.15, 0.2) is 54.7 Å². The van der Waals surface area contributed by atoms with Crippen LogP contribution >= 0.6 is 0 Å². The summed E-state index contributed by atoms with van der Waals surface area (Å²) in [6, 6.07) is 17.0. The van der Waals surface area contributed by atoms with Crippen LogP contribution in [0.2, 0.25) is 0 Å². The van der Waals surface area contributed by atoms with E-state index in [2.05, 4.69) is 46.7 Å². The van der Waals surface area contributed by atoms with Crippen LogP contribution in [-0.2, 0) is 6.54 Å². The zero-order valence-electron chi connectivity index (χ0n) is 16.8. The monoisotopic (exact) mass is 377 g/mol. The van der Waals surface area contributed by atoms with Gasteiger partial charge in [0.1, 0.15) is 5.82 Å². The lowest BCUT2D eigenvalue weighted by Crippen LogP contribution is -2.22. The Hall–Kier alpha value is -2.79. The minimum atomic E-state index is 0.425. The molecule has 28 heavy (non-hydrogen) atoms. The smallest absolute Gasteiger partial charge is 0.165 e. The summed E-state index contributed by atoms with van der Waals surface area (Å²) < 4.78 is 13.5. The van der Waals surface area contributed by atoms with Gasteiger partial charge in [-0.3, -0.25) is 4.90 Å². The number of likely N-dealkylation sites (tertiary alicyclic amines) is 1. The minimum absolute atomic E-state index is 0.425. The van der Waals surface area contributed by atoms with E-state index >= 15 is 0 Å². The van der Waals surface area contributed by atoms with E-state index in [-0.39, 0.29) is 0 Å². The zero-order chi connectivity index (χ0) is 19.5. The van der Waals surface area contributed by atoms with Gasteiger partial charge in [-0.1, -0.05) is 42.5 Å². The van der Waals surface area contributed by atoms with Gasteiger partial charge in [0.15, 0.2) is 11.5 Å². The third-order valence-corrected chi connectivity index (χ3v) is 5.50. The molecular formula is C23H27N3O2. The number of methoxy groups -OCH3 is 2. The lowest BCUT2D eigenvalue weighted by Gasteiger charge is -2.21. The molecule has 3 aromatic rings. The number of imidazole rings is 1. The topological polar surface area (TPSA) is 39.5 Å². The zero-order valence-corrected chi connectivity index (χ0v) is 16.8. The second-order valence-electron chi connectivity index (χ2n) is 7.29. The summed E-state index contributed by atoms with van der Waals surface area (Å²) in [5.41, 5.74) is 3.54. The molecule has 0 saturated carbocycles. The van der Waals surface area contributed by atoms with E-state index in [0.717, 1.165) is 48.9 Å². The molecule has 0 N–H and O–H groups in total. The molecular weight excluding hydrogens is 350 g/mol. The molecule has 1 unspecified atom stereocenters. The third-order valence-electron chi connectivity index (χ3n) is 5.50. The van der Waals surface area contributed by atoms with Gasteiger partial charge in [0.2, 0.25) is 0 Å². The number of para-hydroxylation sites is 1. The summed E-state index contributed by atoms with van der Waals surface area (Å²) >= 11 is 0. The highest BCUT2D eigenvalue weighted by Gasteiger charge is 2.28. The van der Waals surface area contributed by atoms with Crippen molar-refractivity contribution in [3.05, 3.63) is 66.0 Å². The maximum Gasteiger partial charge on any atom is 0.165 e. The molecule has 0 spiro atoms. The molecule has 5 nitrogen and oxygen atoms in total. The molecule has 0 radical (unpaired) electrons. The first-order valence-corrected chi connectivity index (χ1v) is 9.72. The summed E-state index contributed by atoms with van der Waals surface area (Å²) in [5.74, 6) is 2.67. The highest BCUT2D eigenvalue weighted by molar-refractivity contribution is 5.56. The average molecular weight is 377 g/mol. The fraction of sp³-hybridized carbons (Fsp3) is 0.348. The van der Waals surface area contributed by atoms with Gasteiger partial charge in [-0.05, 0) is 19.4 Å². The highest BCUT2D eigenvalue weighted by Crippen LogP contribution is 2.34. The van der Waals surface area contributed by atoms with Gasteiger partial charge in [-0.15, -0.1) is 0 Å². The van der Waals surface area contributed by atoms with Gasteiger partial charge >= 0.3 is 0 Å². The van der Waals surface area contributed by atoms with Crippen molar-refractivity contribution >= 4 is 0 Å². The van der Waals surface area contributed by atoms with Crippen molar-refractivity contribution < 1.29 is 9.47 Å². The van der Waals surface area contributed by atoms with Gasteiger partial charge < -0.3 is 14.0 Å². The van der Waals surface area contributed by atoms with Crippen LogP contribution in [-0.4, -0.2) is 41.8 Å². The van der Waals surface area contributed by atoms with Crippen molar-refractivity contribution in [2.75, 3.05) is 27.3 Å². The summed E-state index contributed by atoms with van der Waals surface area (Å²) in [5, 5.41) is 0. The van der Waals surface area contributed by atoms with Gasteiger partial charge in [-0.25, -0.2) is 4.98 Å². The molecule has 0 aliphatic carbocycles. The Kier molecular flexibility index (Phi) is 5.35. The van der Waals surface area contributed by atoms with Crippen molar-refractivity contribution in [2.24, 2.45) is 0 Å². The molecule has 5 heteroatoms. The molecule has 1 atom stereocenters. The first-order chi connectivity index (χ1) is 13.7. The Morgan fingerprint density at radius 1 is 1.04 bits per heavy atom. The summed E-state index contributed by atoms with van der Waals surface area (Å²) in [4.78, 5) is 7.18. The average Bonchev–Trinajstić information content (AvgIpc) is 3.34. The molecule has 0 bridgehead atoms. The number of hydrogen-bond acceptors (Lipinski definition) is 4. The number of ether oxygens (including phenoxy) is 2. The van der Waals surface area contributed by atoms with Crippen molar-refractivity contribution in [1.82, 2.24) is 14.5 Å². The number of benzene rings is 2. The summed E-state index contributed by atoms with van der Waals surface area (Å²) in [7, 11) is 3.38. The molecule has 1 saturated heterocycles. The molecule has 2 heterocycles. The molecule has 2 aromatic carbocycles. The SMILES string of the molecule is COc1cccc(CN2CCC(n3c(C)cnc3-c3ccccc3)C2)c1OC. The van der Waals surface area contributed by atoms with Crippen molar-refractivity contribution in [3.63, 3.8) is 0 Å². The lowest BCUT2D eigenvalue weighted by molar-refractivity contribution is 0.301. The van der Waals surface area contributed by atoms with Gasteiger partial charge in [0.05, 0.1) is 14.2 Å². The second kappa shape index (κ2) is 8.07. The lowest BCUT2D eigenvalue weighted by atomic mass is 10.1. The van der Waals surface area contributed by atoms with Crippen LogP contribution in [0.4, 0.5) is 0 Å². The van der Waals surface area contributed by atoms with E-state index in [9.17, 15) is 0 Å². The minimum Gasteiger partial charge on any atom is -0.493 e. The largest absolute Gasteiger partial charge is 0.493 e. The van der Waals surface area contributed by atoms with Gasteiger partial charge in [-0.2, -0.15) is 0 Å². The standard InChI is InChI=1S/C23H27N3O2/c1-17-14-24-23(18-8-5-4-6-9-18)26(17)20-12-13-25(16-20)15-19-10-7-11-21(27-2)22(19)28-3/h4-11,14,20H,12-13,15-16H2,1-3H3. The Labute approximate surface area is 166 Å². The maximum atomic E-state index is 5.61. The van der Waals surface area contributed by atoms with Crippen LogP contribution in [0.5, 0.6) is 11.5 Å². The van der Waals surface area contributed by atoms with Crippen LogP contribution in [0.25, 0.3) is 11.4 Å². The van der Waals surface area contributed by atoms with Gasteiger partial charge in [0.25, 0.3) is 0 Å². The van der Waals surface area contributed by atoms with Crippen molar-refractivity contribution in [3.8, 4) is 22.9 Å². The normalized spacial score (nSPS) is 17.0. The van der Waals surface area contributed by atoms with E-state index < -0.39 is 0 Å². The van der Waals surface area contributed by atoms with E-state index in [4.69, 9.17) is 14.5 Å². The molecule has 1 aliphatic rings. The summed E-state index contributed by atoms with van der Waals surface area (Å²) in [6.45, 7) is 5.05. The van der Waals surface area contributed by atoms with Crippen LogP contribution in [0.1, 0.15) is 23.7 Å². The second-order valence-corrected chi connectivity index (χ2v) is 7.29. The predicted molar refractivity (Wildman–Crippen MR) is 111 cm³/mol. The maximum absolute atomic E-state index is 5.61. The van der Waals surface area contributed by atoms with Crippen molar-refractivity contribution in [2.45, 2.75) is 25.9 Å². The Morgan fingerprint density at radius 2 is 1.86 bits per heavy atom. The van der Waals surface area contributed by atoms with Crippen LogP contribution in [0.3, 0.4) is 0 Å². The first-order valence-electron chi connectivity index (χ1n) is 9.72. The molecule has 4 rings (SSSR count). The fourth-order valence-corrected chi connectivity index (χ4v) is 4.19. The van der Waals surface area contributed by atoms with E-state index in [1.54, 1.807) is 14.2 Å². The predicted octanol–water partition coefficient (Wildman–Crippen LogP) is 4.32. The Balaban J connectivity index is 1.54. The highest BCUT2D eigenvalue weighted by atomic mass is 16.5. The van der Waals surface area contributed by atoms with Crippen LogP contribution in [0, 0.1) is 6.92 Å². The Morgan fingerprint density at radius 3 is 2.61 bits per heavy atom. The van der Waals surface area contributed by atoms with Crippen LogP contribution < -0.4 is 9.47 Å². The Bertz CT molecular complexity index is 936. The number of aromatic nitrogens is 2. The van der Waals surface area contributed by atoms with E-state index in [1.165, 1.54) is 11.3 Å². The number of nitrogens with zero attached hydrogens (tertiary/aromatic N) is 3. The van der Waals surface area contributed by atoms with Gasteiger partial charge in [0, 0.05) is 48.7 Å². The number of rotatable bonds is 6. The molecule has 1 fully saturated rings. The first kappa shape index (κ1) is 18.6. The van der Waals surface area contributed by atoms with Crippen molar-refractivity contribution in [1.29, 1.82) is 0 Å². The third kappa shape index (κ3) is 3.50. The quantitative estimate of drug-likeness (QED) is 0.641. The summed E-state index contributed by atoms with van der Waals surface area (Å²) in [6.07, 6.45) is 3.10. The molecule has 1 aliphatic heterocycles. The fourth-order valence-electron chi connectivity index (χ4n) is 4.19.